The molecule has 3 atom stereocenters. The summed E-state index contributed by atoms with van der Waals surface area (Å²) in [5, 5.41) is 3.20. The normalized spacial score (nSPS) is 31.6. The smallest absolute Gasteiger partial charge is 0.154 e. The topological polar surface area (TPSA) is 46.2 Å². The van der Waals surface area contributed by atoms with Crippen molar-refractivity contribution in [1.82, 2.24) is 5.32 Å². The fourth-order valence-corrected chi connectivity index (χ4v) is 4.77. The summed E-state index contributed by atoms with van der Waals surface area (Å²) in [4.78, 5) is 0. The maximum atomic E-state index is 12.1. The van der Waals surface area contributed by atoms with Gasteiger partial charge in [0.1, 0.15) is 0 Å². The molecule has 0 aromatic carbocycles. The predicted molar refractivity (Wildman–Crippen MR) is 68.3 cm³/mol. The molecule has 0 bridgehead atoms. The van der Waals surface area contributed by atoms with Crippen LogP contribution in [0.4, 0.5) is 0 Å². The first-order valence-electron chi connectivity index (χ1n) is 6.46. The zero-order valence-corrected chi connectivity index (χ0v) is 11.5. The van der Waals surface area contributed by atoms with Gasteiger partial charge in [-0.2, -0.15) is 0 Å². The summed E-state index contributed by atoms with van der Waals surface area (Å²) in [5.41, 5.74) is 0. The molecule has 1 aliphatic carbocycles. The molecular formula is C12H25NO2S. The second kappa shape index (κ2) is 6.01. The van der Waals surface area contributed by atoms with Crippen LogP contribution in [0.1, 0.15) is 46.5 Å². The Hall–Kier alpha value is -0.0900. The van der Waals surface area contributed by atoms with Crippen molar-refractivity contribution in [2.75, 3.05) is 12.3 Å². The first kappa shape index (κ1) is 14.0. The largest absolute Gasteiger partial charge is 0.313 e. The molecule has 1 N–H and O–H groups in total. The van der Waals surface area contributed by atoms with Gasteiger partial charge < -0.3 is 5.32 Å². The third-order valence-electron chi connectivity index (χ3n) is 3.47. The lowest BCUT2D eigenvalue weighted by Crippen LogP contribution is -2.48. The van der Waals surface area contributed by atoms with Crippen LogP contribution in [0, 0.1) is 5.92 Å². The molecule has 96 valence electrons. The van der Waals surface area contributed by atoms with E-state index in [2.05, 4.69) is 12.2 Å². The van der Waals surface area contributed by atoms with Crippen molar-refractivity contribution in [2.45, 2.75) is 57.7 Å². The summed E-state index contributed by atoms with van der Waals surface area (Å²) in [6, 6.07) is 0.172. The number of sulfone groups is 1. The van der Waals surface area contributed by atoms with Gasteiger partial charge >= 0.3 is 0 Å². The van der Waals surface area contributed by atoms with Crippen LogP contribution in [0.3, 0.4) is 0 Å². The average Bonchev–Trinajstić information content (AvgIpc) is 2.17. The van der Waals surface area contributed by atoms with E-state index in [0.29, 0.717) is 11.7 Å². The highest BCUT2D eigenvalue weighted by atomic mass is 32.2. The SMILES string of the molecule is CCCS(=O)(=O)C1CCC(C)CC1NCC. The Morgan fingerprint density at radius 3 is 2.50 bits per heavy atom. The Bertz CT molecular complexity index is 300. The highest BCUT2D eigenvalue weighted by Crippen LogP contribution is 2.29. The van der Waals surface area contributed by atoms with E-state index in [4.69, 9.17) is 0 Å². The summed E-state index contributed by atoms with van der Waals surface area (Å²) in [6.45, 7) is 7.05. The Morgan fingerprint density at radius 2 is 1.94 bits per heavy atom. The summed E-state index contributed by atoms with van der Waals surface area (Å²) < 4.78 is 24.3. The molecule has 1 fully saturated rings. The van der Waals surface area contributed by atoms with Crippen LogP contribution >= 0.6 is 0 Å². The van der Waals surface area contributed by atoms with Crippen molar-refractivity contribution in [3.8, 4) is 0 Å². The molecule has 3 nitrogen and oxygen atoms in total. The molecule has 0 saturated heterocycles. The van der Waals surface area contributed by atoms with E-state index in [1.165, 1.54) is 0 Å². The number of rotatable bonds is 5. The standard InChI is InChI=1S/C12H25NO2S/c1-4-8-16(14,15)12-7-6-10(3)9-11(12)13-5-2/h10-13H,4-9H2,1-3H3. The van der Waals surface area contributed by atoms with E-state index in [1.807, 2.05) is 13.8 Å². The summed E-state index contributed by atoms with van der Waals surface area (Å²) >= 11 is 0. The van der Waals surface area contributed by atoms with E-state index in [0.717, 1.165) is 32.2 Å². The van der Waals surface area contributed by atoms with Crippen molar-refractivity contribution < 1.29 is 8.42 Å². The van der Waals surface area contributed by atoms with Crippen LogP contribution in [-0.4, -0.2) is 32.0 Å². The van der Waals surface area contributed by atoms with Crippen molar-refractivity contribution in [3.63, 3.8) is 0 Å². The highest BCUT2D eigenvalue weighted by molar-refractivity contribution is 7.92. The maximum Gasteiger partial charge on any atom is 0.154 e. The minimum absolute atomic E-state index is 0.149. The molecule has 0 aromatic rings. The first-order chi connectivity index (χ1) is 7.51. The molecule has 0 aliphatic heterocycles. The van der Waals surface area contributed by atoms with Gasteiger partial charge in [-0.25, -0.2) is 8.42 Å². The van der Waals surface area contributed by atoms with Crippen molar-refractivity contribution >= 4 is 9.84 Å². The fourth-order valence-electron chi connectivity index (χ4n) is 2.70. The van der Waals surface area contributed by atoms with Gasteiger partial charge in [0.25, 0.3) is 0 Å². The molecule has 0 heterocycles. The molecule has 0 amide bonds. The third-order valence-corrected chi connectivity index (χ3v) is 5.93. The predicted octanol–water partition coefficient (Wildman–Crippen LogP) is 1.98. The third kappa shape index (κ3) is 3.45. The van der Waals surface area contributed by atoms with E-state index >= 15 is 0 Å². The van der Waals surface area contributed by atoms with E-state index in [-0.39, 0.29) is 11.3 Å². The van der Waals surface area contributed by atoms with Crippen LogP contribution in [0.25, 0.3) is 0 Å². The molecular weight excluding hydrogens is 222 g/mol. The molecule has 1 saturated carbocycles. The van der Waals surface area contributed by atoms with Gasteiger partial charge in [-0.05, 0) is 38.1 Å². The van der Waals surface area contributed by atoms with E-state index < -0.39 is 9.84 Å². The van der Waals surface area contributed by atoms with E-state index in [9.17, 15) is 8.42 Å². The molecule has 0 radical (unpaired) electrons. The molecule has 1 aliphatic rings. The van der Waals surface area contributed by atoms with Crippen LogP contribution in [0.15, 0.2) is 0 Å². The molecule has 4 heteroatoms. The highest BCUT2D eigenvalue weighted by Gasteiger charge is 2.36. The molecule has 3 unspecified atom stereocenters. The van der Waals surface area contributed by atoms with Crippen molar-refractivity contribution in [3.05, 3.63) is 0 Å². The molecule has 0 aromatic heterocycles. The van der Waals surface area contributed by atoms with Gasteiger partial charge in [0.15, 0.2) is 9.84 Å². The minimum Gasteiger partial charge on any atom is -0.313 e. The first-order valence-corrected chi connectivity index (χ1v) is 8.17. The molecule has 1 rings (SSSR count). The summed E-state index contributed by atoms with van der Waals surface area (Å²) in [5.74, 6) is 0.991. The minimum atomic E-state index is -2.89. The second-order valence-electron chi connectivity index (χ2n) is 4.99. The maximum absolute atomic E-state index is 12.1. The lowest BCUT2D eigenvalue weighted by atomic mass is 9.86. The van der Waals surface area contributed by atoms with Gasteiger partial charge in [0.2, 0.25) is 0 Å². The van der Waals surface area contributed by atoms with Gasteiger partial charge in [0.05, 0.1) is 11.0 Å². The van der Waals surface area contributed by atoms with Crippen LogP contribution in [0.5, 0.6) is 0 Å². The second-order valence-corrected chi connectivity index (χ2v) is 7.33. The van der Waals surface area contributed by atoms with Crippen LogP contribution in [0.2, 0.25) is 0 Å². The Balaban J connectivity index is 2.75. The lowest BCUT2D eigenvalue weighted by molar-refractivity contribution is 0.306. The van der Waals surface area contributed by atoms with Crippen LogP contribution in [-0.2, 0) is 9.84 Å². The fraction of sp³-hybridized carbons (Fsp3) is 1.00. The summed E-state index contributed by atoms with van der Waals surface area (Å²) in [6.07, 6.45) is 3.62. The van der Waals surface area contributed by atoms with Gasteiger partial charge in [-0.3, -0.25) is 0 Å². The quantitative estimate of drug-likeness (QED) is 0.808. The van der Waals surface area contributed by atoms with Crippen LogP contribution < -0.4 is 5.32 Å². The zero-order valence-electron chi connectivity index (χ0n) is 10.7. The number of hydrogen-bond acceptors (Lipinski definition) is 3. The van der Waals surface area contributed by atoms with Crippen molar-refractivity contribution in [2.24, 2.45) is 5.92 Å². The monoisotopic (exact) mass is 247 g/mol. The van der Waals surface area contributed by atoms with Gasteiger partial charge in [-0.1, -0.05) is 20.8 Å². The van der Waals surface area contributed by atoms with E-state index in [1.54, 1.807) is 0 Å². The zero-order chi connectivity index (χ0) is 12.2. The molecule has 16 heavy (non-hydrogen) atoms. The summed E-state index contributed by atoms with van der Waals surface area (Å²) in [7, 11) is -2.89. The van der Waals surface area contributed by atoms with Gasteiger partial charge in [0, 0.05) is 6.04 Å². The van der Waals surface area contributed by atoms with Crippen molar-refractivity contribution in [1.29, 1.82) is 0 Å². The average molecular weight is 247 g/mol. The Labute approximate surface area is 99.9 Å². The van der Waals surface area contributed by atoms with Gasteiger partial charge in [-0.15, -0.1) is 0 Å². The number of nitrogens with one attached hydrogen (secondary N) is 1. The number of hydrogen-bond donors (Lipinski definition) is 1. The lowest BCUT2D eigenvalue weighted by Gasteiger charge is -2.34. The Morgan fingerprint density at radius 1 is 1.25 bits per heavy atom. The Kier molecular flexibility index (Phi) is 5.25. The molecule has 0 spiro atoms.